The van der Waals surface area contributed by atoms with Crippen LogP contribution in [0.1, 0.15) is 29.3 Å². The van der Waals surface area contributed by atoms with E-state index in [-0.39, 0.29) is 10.8 Å². The molecule has 1 amide bonds. The van der Waals surface area contributed by atoms with Crippen LogP contribution in [-0.4, -0.2) is 37.0 Å². The minimum absolute atomic E-state index is 0.0958. The normalized spacial score (nSPS) is 11.4. The molecule has 0 atom stereocenters. The van der Waals surface area contributed by atoms with E-state index in [9.17, 15) is 13.2 Å². The van der Waals surface area contributed by atoms with Crippen LogP contribution in [-0.2, 0) is 16.6 Å². The van der Waals surface area contributed by atoms with Gasteiger partial charge in [0.05, 0.1) is 11.2 Å². The van der Waals surface area contributed by atoms with Gasteiger partial charge in [0.25, 0.3) is 5.91 Å². The van der Waals surface area contributed by atoms with Crippen molar-refractivity contribution in [1.29, 1.82) is 0 Å². The molecule has 0 aliphatic carbocycles. The highest BCUT2D eigenvalue weighted by Crippen LogP contribution is 2.15. The van der Waals surface area contributed by atoms with Crippen LogP contribution in [0.15, 0.2) is 41.8 Å². The zero-order valence-electron chi connectivity index (χ0n) is 13.8. The summed E-state index contributed by atoms with van der Waals surface area (Å²) in [7, 11) is -3.58. The molecule has 0 unspecified atom stereocenters. The van der Waals surface area contributed by atoms with Crippen molar-refractivity contribution in [2.24, 2.45) is 0 Å². The summed E-state index contributed by atoms with van der Waals surface area (Å²) in [4.78, 5) is 16.4. The van der Waals surface area contributed by atoms with Crippen molar-refractivity contribution >= 4 is 15.9 Å². The van der Waals surface area contributed by atoms with E-state index in [1.807, 2.05) is 10.8 Å². The van der Waals surface area contributed by atoms with E-state index in [0.29, 0.717) is 18.7 Å². The number of nitrogens with one attached hydrogen (secondary N) is 2. The summed E-state index contributed by atoms with van der Waals surface area (Å²) in [6, 6.07) is 4.56. The molecule has 2 aromatic rings. The Labute approximate surface area is 142 Å². The third-order valence-electron chi connectivity index (χ3n) is 3.54. The number of sulfonamides is 1. The van der Waals surface area contributed by atoms with E-state index in [2.05, 4.69) is 15.0 Å². The van der Waals surface area contributed by atoms with E-state index < -0.39 is 10.0 Å². The number of imidazole rings is 1. The van der Waals surface area contributed by atoms with Crippen LogP contribution in [0.4, 0.5) is 0 Å². The summed E-state index contributed by atoms with van der Waals surface area (Å²) in [5.74, 6) is -0.272. The Morgan fingerprint density at radius 3 is 2.79 bits per heavy atom. The fourth-order valence-corrected chi connectivity index (χ4v) is 3.33. The number of nitrogens with zero attached hydrogens (tertiary/aromatic N) is 2. The molecule has 0 aliphatic heterocycles. The SMILES string of the molecule is CCNS(=O)(=O)c1ccc(C)c(C(=O)NCCCn2ccnc2)c1. The minimum Gasteiger partial charge on any atom is -0.352 e. The van der Waals surface area contributed by atoms with Gasteiger partial charge in [-0.05, 0) is 31.0 Å². The molecule has 0 spiro atoms. The number of carbonyl (C=O) groups is 1. The molecule has 130 valence electrons. The van der Waals surface area contributed by atoms with Crippen molar-refractivity contribution in [3.8, 4) is 0 Å². The average Bonchev–Trinajstić information content (AvgIpc) is 3.05. The smallest absolute Gasteiger partial charge is 0.251 e. The molecule has 1 heterocycles. The minimum atomic E-state index is -3.58. The van der Waals surface area contributed by atoms with Crippen molar-refractivity contribution in [3.05, 3.63) is 48.0 Å². The number of hydrogen-bond acceptors (Lipinski definition) is 4. The first kappa shape index (κ1) is 18.2. The number of benzene rings is 1. The molecule has 7 nitrogen and oxygen atoms in total. The first-order valence-electron chi connectivity index (χ1n) is 7.78. The number of aromatic nitrogens is 2. The maximum atomic E-state index is 12.3. The molecule has 0 fully saturated rings. The first-order valence-corrected chi connectivity index (χ1v) is 9.26. The second kappa shape index (κ2) is 8.07. The van der Waals surface area contributed by atoms with Crippen LogP contribution < -0.4 is 10.0 Å². The van der Waals surface area contributed by atoms with Crippen LogP contribution in [0.5, 0.6) is 0 Å². The lowest BCUT2D eigenvalue weighted by Gasteiger charge is -2.11. The molecule has 0 saturated heterocycles. The predicted octanol–water partition coefficient (Wildman–Crippen LogP) is 1.31. The lowest BCUT2D eigenvalue weighted by atomic mass is 10.1. The Balaban J connectivity index is 2.00. The van der Waals surface area contributed by atoms with Crippen molar-refractivity contribution in [2.75, 3.05) is 13.1 Å². The van der Waals surface area contributed by atoms with Crippen LogP contribution in [0, 0.1) is 6.92 Å². The molecule has 8 heteroatoms. The molecule has 0 saturated carbocycles. The molecule has 0 bridgehead atoms. The highest BCUT2D eigenvalue weighted by atomic mass is 32.2. The Morgan fingerprint density at radius 2 is 2.12 bits per heavy atom. The molecule has 0 radical (unpaired) electrons. The van der Waals surface area contributed by atoms with Crippen molar-refractivity contribution < 1.29 is 13.2 Å². The zero-order valence-corrected chi connectivity index (χ0v) is 14.6. The van der Waals surface area contributed by atoms with Crippen molar-refractivity contribution in [2.45, 2.75) is 31.7 Å². The molecule has 1 aromatic heterocycles. The summed E-state index contributed by atoms with van der Waals surface area (Å²) in [5, 5.41) is 2.82. The summed E-state index contributed by atoms with van der Waals surface area (Å²) in [6.07, 6.45) is 6.05. The van der Waals surface area contributed by atoms with Gasteiger partial charge in [-0.15, -0.1) is 0 Å². The predicted molar refractivity (Wildman–Crippen MR) is 91.2 cm³/mol. The third kappa shape index (κ3) is 4.65. The molecular formula is C16H22N4O3S. The number of carbonyl (C=O) groups excluding carboxylic acids is 1. The third-order valence-corrected chi connectivity index (χ3v) is 5.08. The summed E-state index contributed by atoms with van der Waals surface area (Å²) in [5.41, 5.74) is 1.11. The molecule has 2 N–H and O–H groups in total. The number of hydrogen-bond donors (Lipinski definition) is 2. The van der Waals surface area contributed by atoms with Crippen LogP contribution in [0.25, 0.3) is 0 Å². The lowest BCUT2D eigenvalue weighted by molar-refractivity contribution is 0.0952. The van der Waals surface area contributed by atoms with E-state index >= 15 is 0 Å². The standard InChI is InChI=1S/C16H22N4O3S/c1-3-19-24(22,23)14-6-5-13(2)15(11-14)16(21)18-7-4-9-20-10-8-17-12-20/h5-6,8,10-12,19H,3-4,7,9H2,1-2H3,(H,18,21). The lowest BCUT2D eigenvalue weighted by Crippen LogP contribution is -2.27. The van der Waals surface area contributed by atoms with Crippen LogP contribution in [0.3, 0.4) is 0 Å². The largest absolute Gasteiger partial charge is 0.352 e. The molecule has 2 rings (SSSR count). The summed E-state index contributed by atoms with van der Waals surface area (Å²) < 4.78 is 28.5. The fraction of sp³-hybridized carbons (Fsp3) is 0.375. The number of rotatable bonds is 8. The monoisotopic (exact) mass is 350 g/mol. The van der Waals surface area contributed by atoms with Gasteiger partial charge < -0.3 is 9.88 Å². The number of aryl methyl sites for hydroxylation is 2. The van der Waals surface area contributed by atoms with E-state index in [0.717, 1.165) is 18.5 Å². The van der Waals surface area contributed by atoms with Crippen LogP contribution in [0.2, 0.25) is 0 Å². The molecule has 0 aliphatic rings. The van der Waals surface area contributed by atoms with Gasteiger partial charge in [-0.2, -0.15) is 0 Å². The van der Waals surface area contributed by atoms with Gasteiger partial charge in [-0.3, -0.25) is 4.79 Å². The average molecular weight is 350 g/mol. The van der Waals surface area contributed by atoms with Gasteiger partial charge in [-0.25, -0.2) is 18.1 Å². The van der Waals surface area contributed by atoms with E-state index in [4.69, 9.17) is 0 Å². The Kier molecular flexibility index (Phi) is 6.10. The quantitative estimate of drug-likeness (QED) is 0.702. The van der Waals surface area contributed by atoms with Crippen molar-refractivity contribution in [1.82, 2.24) is 19.6 Å². The van der Waals surface area contributed by atoms with Gasteiger partial charge in [0.15, 0.2) is 0 Å². The molecule has 24 heavy (non-hydrogen) atoms. The van der Waals surface area contributed by atoms with E-state index in [1.165, 1.54) is 12.1 Å². The van der Waals surface area contributed by atoms with Gasteiger partial charge in [0.1, 0.15) is 0 Å². The second-order valence-electron chi connectivity index (χ2n) is 5.39. The second-order valence-corrected chi connectivity index (χ2v) is 7.15. The Morgan fingerprint density at radius 1 is 1.33 bits per heavy atom. The summed E-state index contributed by atoms with van der Waals surface area (Å²) >= 11 is 0. The van der Waals surface area contributed by atoms with Gasteiger partial charge in [0, 0.05) is 37.6 Å². The van der Waals surface area contributed by atoms with Gasteiger partial charge in [0.2, 0.25) is 10.0 Å². The summed E-state index contributed by atoms with van der Waals surface area (Å²) in [6.45, 7) is 5.05. The fourth-order valence-electron chi connectivity index (χ4n) is 2.26. The maximum absolute atomic E-state index is 12.3. The van der Waals surface area contributed by atoms with Gasteiger partial charge >= 0.3 is 0 Å². The van der Waals surface area contributed by atoms with Gasteiger partial charge in [-0.1, -0.05) is 13.0 Å². The van der Waals surface area contributed by atoms with Crippen molar-refractivity contribution in [3.63, 3.8) is 0 Å². The van der Waals surface area contributed by atoms with Crippen LogP contribution >= 0.6 is 0 Å². The Hall–Kier alpha value is -2.19. The Bertz CT molecular complexity index is 786. The highest BCUT2D eigenvalue weighted by molar-refractivity contribution is 7.89. The molecule has 1 aromatic carbocycles. The number of amides is 1. The van der Waals surface area contributed by atoms with E-state index in [1.54, 1.807) is 32.4 Å². The maximum Gasteiger partial charge on any atom is 0.251 e. The zero-order chi connectivity index (χ0) is 17.6. The molecular weight excluding hydrogens is 328 g/mol. The topological polar surface area (TPSA) is 93.1 Å². The highest BCUT2D eigenvalue weighted by Gasteiger charge is 2.17. The first-order chi connectivity index (χ1) is 11.4.